The van der Waals surface area contributed by atoms with E-state index < -0.39 is 46.7 Å². The predicted molar refractivity (Wildman–Crippen MR) is 104 cm³/mol. The van der Waals surface area contributed by atoms with E-state index in [1.165, 1.54) is 36.7 Å². The van der Waals surface area contributed by atoms with Crippen LogP contribution in [-0.4, -0.2) is 31.8 Å². The van der Waals surface area contributed by atoms with Crippen molar-refractivity contribution in [2.45, 2.75) is 12.4 Å². The highest BCUT2D eigenvalue weighted by Gasteiger charge is 2.39. The number of aromatic nitrogens is 4. The van der Waals surface area contributed by atoms with Crippen LogP contribution in [0.5, 0.6) is 0 Å². The van der Waals surface area contributed by atoms with E-state index in [-0.39, 0.29) is 22.1 Å². The Morgan fingerprint density at radius 1 is 0.676 bits per heavy atom. The smallest absolute Gasteiger partial charge is 0.267 e. The first-order valence-electron chi connectivity index (χ1n) is 9.22. The predicted octanol–water partition coefficient (Wildman–Crippen LogP) is 3.69. The van der Waals surface area contributed by atoms with Gasteiger partial charge in [-0.05, 0) is 36.4 Å². The normalized spacial score (nSPS) is 12.1. The van der Waals surface area contributed by atoms with Gasteiger partial charge in [-0.3, -0.25) is 20.4 Å². The molecule has 0 aliphatic rings. The molecule has 34 heavy (non-hydrogen) atoms. The van der Waals surface area contributed by atoms with Crippen molar-refractivity contribution in [3.8, 4) is 0 Å². The fourth-order valence-electron chi connectivity index (χ4n) is 3.04. The number of fused-ring (bicyclic) bond motifs is 2. The van der Waals surface area contributed by atoms with E-state index in [4.69, 9.17) is 0 Å². The molecule has 0 saturated heterocycles. The van der Waals surface area contributed by atoms with Crippen LogP contribution >= 0.6 is 0 Å². The molecule has 0 radical (unpaired) electrons. The summed E-state index contributed by atoms with van der Waals surface area (Å²) in [6.45, 7) is 0. The maximum absolute atomic E-state index is 13.4. The Labute approximate surface area is 185 Å². The molecule has 4 rings (SSSR count). The number of nitrogens with zero attached hydrogens (tertiary/aromatic N) is 4. The van der Waals surface area contributed by atoms with Crippen LogP contribution in [-0.2, 0) is 12.4 Å². The third-order valence-electron chi connectivity index (χ3n) is 4.49. The highest BCUT2D eigenvalue weighted by Crippen LogP contribution is 2.33. The summed E-state index contributed by atoms with van der Waals surface area (Å²) in [7, 11) is 0. The van der Waals surface area contributed by atoms with Crippen LogP contribution in [0.25, 0.3) is 22.1 Å². The molecule has 0 unspecified atom stereocenters. The molecule has 174 valence electrons. The molecule has 2 amide bonds. The molecule has 2 N–H and O–H groups in total. The van der Waals surface area contributed by atoms with E-state index in [0.717, 1.165) is 12.1 Å². The summed E-state index contributed by atoms with van der Waals surface area (Å²) in [4.78, 5) is 39.0. The minimum absolute atomic E-state index is 0.0950. The first-order chi connectivity index (χ1) is 15.9. The zero-order valence-corrected chi connectivity index (χ0v) is 16.5. The summed E-state index contributed by atoms with van der Waals surface area (Å²) in [5, 5.41) is 0.190. The average molecular weight is 480 g/mol. The molecular formula is C20H10F6N6O2. The molecule has 0 aliphatic heterocycles. The average Bonchev–Trinajstić information content (AvgIpc) is 2.79. The van der Waals surface area contributed by atoms with Gasteiger partial charge in [-0.2, -0.15) is 26.3 Å². The van der Waals surface area contributed by atoms with Crippen LogP contribution in [0.3, 0.4) is 0 Å². The molecular weight excluding hydrogens is 470 g/mol. The van der Waals surface area contributed by atoms with Crippen LogP contribution in [0.4, 0.5) is 26.3 Å². The molecule has 4 aromatic heterocycles. The summed E-state index contributed by atoms with van der Waals surface area (Å²) < 4.78 is 80.6. The number of hydrogen-bond acceptors (Lipinski definition) is 6. The largest absolute Gasteiger partial charge is 0.434 e. The lowest BCUT2D eigenvalue weighted by atomic mass is 10.1. The molecule has 0 aliphatic carbocycles. The van der Waals surface area contributed by atoms with Crippen molar-refractivity contribution < 1.29 is 35.9 Å². The Hall–Kier alpha value is -4.36. The van der Waals surface area contributed by atoms with Gasteiger partial charge in [0.2, 0.25) is 0 Å². The van der Waals surface area contributed by atoms with Crippen LogP contribution < -0.4 is 10.9 Å². The number of carbonyl (C=O) groups is 2. The quantitative estimate of drug-likeness (QED) is 0.335. The van der Waals surface area contributed by atoms with Gasteiger partial charge >= 0.3 is 12.4 Å². The van der Waals surface area contributed by atoms with Crippen molar-refractivity contribution in [2.75, 3.05) is 0 Å². The van der Waals surface area contributed by atoms with Gasteiger partial charge in [-0.1, -0.05) is 0 Å². The first-order valence-corrected chi connectivity index (χ1v) is 9.22. The summed E-state index contributed by atoms with van der Waals surface area (Å²) in [6, 6.07) is 7.22. The molecule has 0 fully saturated rings. The number of pyridine rings is 4. The molecule has 0 aromatic carbocycles. The molecule has 0 saturated carbocycles. The maximum Gasteiger partial charge on any atom is 0.434 e. The molecule has 4 heterocycles. The molecule has 8 nitrogen and oxygen atoms in total. The Morgan fingerprint density at radius 2 is 1.06 bits per heavy atom. The fourth-order valence-corrected chi connectivity index (χ4v) is 3.04. The fraction of sp³-hybridized carbons (Fsp3) is 0.100. The second-order valence-corrected chi connectivity index (χ2v) is 6.77. The lowest BCUT2D eigenvalue weighted by Gasteiger charge is -2.15. The highest BCUT2D eigenvalue weighted by molar-refractivity contribution is 6.02. The molecule has 14 heteroatoms. The van der Waals surface area contributed by atoms with Crippen LogP contribution in [0.15, 0.2) is 48.8 Å². The SMILES string of the molecule is O=C(NNC(=O)c1cc2cccnc2nc1C(F)(F)F)c1cc2cccnc2nc1C(F)(F)F. The Kier molecular flexibility index (Phi) is 5.51. The first kappa shape index (κ1) is 22.8. The molecule has 0 spiro atoms. The van der Waals surface area contributed by atoms with Crippen molar-refractivity contribution in [1.82, 2.24) is 30.8 Å². The Balaban J connectivity index is 1.66. The van der Waals surface area contributed by atoms with Gasteiger partial charge in [0.1, 0.15) is 0 Å². The lowest BCUT2D eigenvalue weighted by Crippen LogP contribution is -2.43. The molecule has 0 atom stereocenters. The van der Waals surface area contributed by atoms with Crippen LogP contribution in [0, 0.1) is 0 Å². The van der Waals surface area contributed by atoms with E-state index in [1.54, 1.807) is 10.9 Å². The van der Waals surface area contributed by atoms with Gasteiger partial charge in [0, 0.05) is 23.2 Å². The van der Waals surface area contributed by atoms with Crippen molar-refractivity contribution in [3.63, 3.8) is 0 Å². The standard InChI is InChI=1S/C20H10F6N6O2/c21-19(22,23)13-11(7-9-3-1-5-27-15(9)29-13)17(33)31-32-18(34)12-8-10-4-2-6-28-16(10)30-14(12)20(24,25)26/h1-8H,(H,31,33)(H,32,34). The van der Waals surface area contributed by atoms with Gasteiger partial charge in [-0.15, -0.1) is 0 Å². The van der Waals surface area contributed by atoms with Crippen molar-refractivity contribution in [3.05, 3.63) is 71.3 Å². The number of halogens is 6. The van der Waals surface area contributed by atoms with E-state index in [1.807, 2.05) is 0 Å². The minimum Gasteiger partial charge on any atom is -0.267 e. The third kappa shape index (κ3) is 4.42. The van der Waals surface area contributed by atoms with E-state index in [2.05, 4.69) is 19.9 Å². The zero-order chi connectivity index (χ0) is 24.7. The van der Waals surface area contributed by atoms with Gasteiger partial charge in [0.05, 0.1) is 11.1 Å². The van der Waals surface area contributed by atoms with Crippen molar-refractivity contribution >= 4 is 33.9 Å². The topological polar surface area (TPSA) is 110 Å². The Morgan fingerprint density at radius 3 is 1.41 bits per heavy atom. The highest BCUT2D eigenvalue weighted by atomic mass is 19.4. The number of carbonyl (C=O) groups excluding carboxylic acids is 2. The monoisotopic (exact) mass is 480 g/mol. The number of nitrogens with one attached hydrogen (secondary N) is 2. The number of hydrazine groups is 1. The van der Waals surface area contributed by atoms with Crippen LogP contribution in [0.2, 0.25) is 0 Å². The summed E-state index contributed by atoms with van der Waals surface area (Å²) in [6.07, 6.45) is -7.69. The number of alkyl halides is 6. The summed E-state index contributed by atoms with van der Waals surface area (Å²) in [5.74, 6) is -2.91. The van der Waals surface area contributed by atoms with E-state index in [9.17, 15) is 35.9 Å². The number of rotatable bonds is 2. The van der Waals surface area contributed by atoms with Gasteiger partial charge in [-0.25, -0.2) is 19.9 Å². The maximum atomic E-state index is 13.4. The second kappa shape index (κ2) is 8.20. The van der Waals surface area contributed by atoms with E-state index >= 15 is 0 Å². The summed E-state index contributed by atoms with van der Waals surface area (Å²) in [5.41, 5.74) is -2.27. The van der Waals surface area contributed by atoms with Crippen molar-refractivity contribution in [2.24, 2.45) is 0 Å². The van der Waals surface area contributed by atoms with E-state index in [0.29, 0.717) is 0 Å². The third-order valence-corrected chi connectivity index (χ3v) is 4.49. The van der Waals surface area contributed by atoms with Gasteiger partial charge in [0.25, 0.3) is 11.8 Å². The van der Waals surface area contributed by atoms with Crippen LogP contribution in [0.1, 0.15) is 32.1 Å². The minimum atomic E-state index is -5.05. The zero-order valence-electron chi connectivity index (χ0n) is 16.5. The summed E-state index contributed by atoms with van der Waals surface area (Å²) >= 11 is 0. The number of hydrogen-bond donors (Lipinski definition) is 2. The second-order valence-electron chi connectivity index (χ2n) is 6.77. The molecule has 4 aromatic rings. The Bertz CT molecular complexity index is 1330. The lowest BCUT2D eigenvalue weighted by molar-refractivity contribution is -0.142. The number of amides is 2. The van der Waals surface area contributed by atoms with Gasteiger partial charge < -0.3 is 0 Å². The molecule has 0 bridgehead atoms. The van der Waals surface area contributed by atoms with Gasteiger partial charge in [0.15, 0.2) is 22.7 Å². The van der Waals surface area contributed by atoms with Crippen molar-refractivity contribution in [1.29, 1.82) is 0 Å².